The summed E-state index contributed by atoms with van der Waals surface area (Å²) >= 11 is 0. The van der Waals surface area contributed by atoms with E-state index in [-0.39, 0.29) is 178 Å². The van der Waals surface area contributed by atoms with Crippen molar-refractivity contribution in [2.24, 2.45) is 10.9 Å². The van der Waals surface area contributed by atoms with E-state index in [4.69, 9.17) is 141 Å². The van der Waals surface area contributed by atoms with Crippen molar-refractivity contribution in [3.05, 3.63) is 0 Å². The number of hydrogen-bond donors (Lipinski definition) is 4. The number of ether oxygens (including phenoxy) is 18. The molecule has 3 saturated heterocycles. The second-order valence-corrected chi connectivity index (χ2v) is 36.2. The van der Waals surface area contributed by atoms with Gasteiger partial charge in [-0.25, -0.2) is 0 Å². The van der Waals surface area contributed by atoms with E-state index >= 15 is 0 Å². The van der Waals surface area contributed by atoms with Crippen LogP contribution in [-0.2, 0) is 193 Å². The van der Waals surface area contributed by atoms with Crippen LogP contribution in [0.1, 0.15) is 205 Å². The predicted molar refractivity (Wildman–Crippen MR) is 482 cm³/mol. The van der Waals surface area contributed by atoms with Crippen molar-refractivity contribution in [1.82, 2.24) is 16.0 Å². The monoisotopic (exact) mass is 2060 g/mol. The summed E-state index contributed by atoms with van der Waals surface area (Å²) in [4.78, 5) is 146. The molecule has 0 aromatic rings. The molecule has 139 heavy (non-hydrogen) atoms. The van der Waals surface area contributed by atoms with Gasteiger partial charge in [0.1, 0.15) is 56.3 Å². The Balaban J connectivity index is 1.75. The van der Waals surface area contributed by atoms with Crippen LogP contribution >= 0.6 is 34.3 Å². The quantitative estimate of drug-likeness (QED) is 0.0197. The Morgan fingerprint density at radius 3 is 0.748 bits per heavy atom. The Bertz CT molecular complexity index is 3420. The Kier molecular flexibility index (Phi) is 68.8. The Labute approximate surface area is 816 Å². The molecule has 0 saturated carbocycles. The van der Waals surface area contributed by atoms with Crippen molar-refractivity contribution in [2.75, 3.05) is 152 Å². The fourth-order valence-corrected chi connectivity index (χ4v) is 17.1. The van der Waals surface area contributed by atoms with Gasteiger partial charge in [-0.05, 0) is 57.8 Å². The normalized spacial score (nSPS) is 22.4. The molecule has 3 fully saturated rings. The van der Waals surface area contributed by atoms with E-state index in [1.807, 2.05) is 24.3 Å². The zero-order valence-corrected chi connectivity index (χ0v) is 84.8. The molecule has 53 heteroatoms. The molecular weight excluding hydrogens is 1920 g/mol. The zero-order chi connectivity index (χ0) is 103. The maximum Gasteiger partial charge on any atom is 0.332 e. The molecule has 3 rings (SSSR count). The number of nitrogens with two attached hydrogens (primary N) is 1. The summed E-state index contributed by atoms with van der Waals surface area (Å²) in [5.41, 5.74) is 5.25. The number of nitrogens with one attached hydrogen (secondary N) is 3. The molecule has 10 unspecified atom stereocenters. The van der Waals surface area contributed by atoms with Gasteiger partial charge in [-0.3, -0.25) is 63.0 Å². The van der Waals surface area contributed by atoms with Gasteiger partial charge in [-0.1, -0.05) is 38.5 Å². The van der Waals surface area contributed by atoms with Gasteiger partial charge in [0.2, 0.25) is 17.7 Å². The van der Waals surface area contributed by atoms with E-state index in [9.17, 15) is 78.6 Å². The van der Waals surface area contributed by atoms with Gasteiger partial charge in [0.05, 0.1) is 148 Å². The molecule has 3 aliphatic heterocycles. The van der Waals surface area contributed by atoms with E-state index < -0.39 is 203 Å². The van der Waals surface area contributed by atoms with Gasteiger partial charge in [0.15, 0.2) is 55.5 Å². The lowest BCUT2D eigenvalue weighted by Crippen LogP contribution is -2.66. The first-order valence-electron chi connectivity index (χ1n) is 45.8. The molecule has 790 valence electrons. The van der Waals surface area contributed by atoms with Gasteiger partial charge in [0, 0.05) is 123 Å². The highest BCUT2D eigenvalue weighted by Gasteiger charge is 2.55. The molecule has 3 heterocycles. The van der Waals surface area contributed by atoms with Gasteiger partial charge in [-0.15, -0.1) is 0 Å². The standard InChI is InChI=1S/C86H140N8O41P4/c1-59(95)92-74-80(130-68(10)104)77(127-65(7)101)71(52-113-62(4)98)133-83(74)110-39-19-13-16-22-42-117-137(120-46-26-33-88)123-49-29-36-107-55-86(58-126-136(91)116-45-25-32-87,56-108-37-30-50-124-138(121-47-27-34-89)118-43-23-17-14-20-40-111-84-75(93-60(2)96)81(131-69(11)105)78(128-66(8)102)72(134-84)53-114-63(5)99)57-109-38-31-51-125-139(122-48-28-35-90)119-44-24-18-15-21-41-112-85-76(94-61(3)97)82(132-70(12)106)79(129-67(9)103)73(135-85)54-115-64(6)100/h71-85H,13-31,36-58,91H2,1-12H3,(H,92,95)(H,93,96)(H,94,97)/t71?,72?,73?,74-,75-,76?,77-,78-,79-,80?,81?,82+,83+,84+,85+,86?,136?,137?,138?,139?/m0/s1. The van der Waals surface area contributed by atoms with E-state index in [0.717, 1.165) is 41.5 Å². The van der Waals surface area contributed by atoms with Crippen LogP contribution in [0.2, 0.25) is 0 Å². The number of carbonyl (C=O) groups excluding carboxylic acids is 12. The van der Waals surface area contributed by atoms with Crippen LogP contribution in [0.4, 0.5) is 0 Å². The molecule has 0 bridgehead atoms. The van der Waals surface area contributed by atoms with E-state index in [1.165, 1.54) is 41.5 Å². The van der Waals surface area contributed by atoms with Crippen LogP contribution < -0.4 is 21.5 Å². The Morgan fingerprint density at radius 1 is 0.281 bits per heavy atom. The molecule has 5 N–H and O–H groups in total. The number of rotatable bonds is 78. The van der Waals surface area contributed by atoms with E-state index in [0.29, 0.717) is 96.3 Å². The lowest BCUT2D eigenvalue weighted by Gasteiger charge is -2.44. The van der Waals surface area contributed by atoms with Crippen LogP contribution in [0.3, 0.4) is 0 Å². The summed E-state index contributed by atoms with van der Waals surface area (Å²) in [5, 5.41) is 45.4. The van der Waals surface area contributed by atoms with E-state index in [2.05, 4.69) is 16.0 Å². The molecule has 3 amide bonds. The fraction of sp³-hybridized carbons (Fsp3) is 0.814. The zero-order valence-electron chi connectivity index (χ0n) is 81.3. The number of carbonyl (C=O) groups is 12. The number of esters is 9. The van der Waals surface area contributed by atoms with Crippen molar-refractivity contribution in [2.45, 2.75) is 297 Å². The number of hydrogen-bond acceptors (Lipinski definition) is 46. The maximum absolute atomic E-state index is 12.4. The number of nitriles is 4. The van der Waals surface area contributed by atoms with Gasteiger partial charge in [-0.2, -0.15) is 21.0 Å². The number of amides is 3. The first-order chi connectivity index (χ1) is 66.6. The van der Waals surface area contributed by atoms with Crippen molar-refractivity contribution in [3.63, 3.8) is 0 Å². The lowest BCUT2D eigenvalue weighted by molar-refractivity contribution is -0.277. The first kappa shape index (κ1) is 126. The molecule has 19 atom stereocenters. The largest absolute Gasteiger partial charge is 0.463 e. The minimum atomic E-state index is -2.05. The first-order valence-corrected chi connectivity index (χ1v) is 50.3. The summed E-state index contributed by atoms with van der Waals surface area (Å²) in [5.74, 6) is -8.01. The second kappa shape index (κ2) is 76.2. The van der Waals surface area contributed by atoms with Crippen molar-refractivity contribution >= 4 is 106 Å². The summed E-state index contributed by atoms with van der Waals surface area (Å²) in [6, 6.07) is 4.75. The van der Waals surface area contributed by atoms with Gasteiger partial charge >= 0.3 is 79.5 Å². The molecule has 0 aliphatic carbocycles. The summed E-state index contributed by atoms with van der Waals surface area (Å²) in [6.07, 6.45) is -6.73. The third-order valence-electron chi connectivity index (χ3n) is 19.0. The highest BCUT2D eigenvalue weighted by atomic mass is 31.2. The minimum Gasteiger partial charge on any atom is -0.463 e. The molecule has 0 aromatic heterocycles. The summed E-state index contributed by atoms with van der Waals surface area (Å²) < 4.78 is 170. The fourth-order valence-electron chi connectivity index (χ4n) is 13.3. The topological polar surface area (TPSA) is 630 Å². The van der Waals surface area contributed by atoms with Crippen molar-refractivity contribution in [1.29, 1.82) is 21.0 Å². The molecule has 0 radical (unpaired) electrons. The van der Waals surface area contributed by atoms with Crippen LogP contribution in [0, 0.1) is 50.7 Å². The smallest absolute Gasteiger partial charge is 0.332 e. The van der Waals surface area contributed by atoms with Crippen LogP contribution in [0.25, 0.3) is 0 Å². The van der Waals surface area contributed by atoms with E-state index in [1.54, 1.807) is 0 Å². The SMILES string of the molecule is CC(=O)NC1[C@H](OCCCCCCOP(OCCC#N)OCCCOCC(COCCCOP(OCCC#N)OCCCCCCO[C@@H]2OC(COC(C)=O)[C@H](OC(C)=O)C(OC(C)=O)[C@@H]2NC(C)=O)(COCCCOP(OCCC#N)OCCCCCCO[C@@H]2OC(COC(C)=O)[C@H](OC(C)=O)C(OC(C)=O)[C@@H]2NC(C)=O)COP(N)OCCC#N)OC(COC(C)=O)[C@H](OC(C)=O)[C@@H]1OC(C)=O. The minimum absolute atomic E-state index is 0.0136. The summed E-state index contributed by atoms with van der Waals surface area (Å²) in [6.45, 7) is 14.2. The van der Waals surface area contributed by atoms with Crippen LogP contribution in [0.15, 0.2) is 0 Å². The molecular formula is C86H140N8O41P4. The lowest BCUT2D eigenvalue weighted by atomic mass is 9.92. The van der Waals surface area contributed by atoms with Crippen LogP contribution in [0.5, 0.6) is 0 Å². The summed E-state index contributed by atoms with van der Waals surface area (Å²) in [7, 11) is -7.89. The highest BCUT2D eigenvalue weighted by molar-refractivity contribution is 7.44. The average molecular weight is 2070 g/mol. The van der Waals surface area contributed by atoms with Crippen LogP contribution in [-0.4, -0.2) is 315 Å². The average Bonchev–Trinajstić information content (AvgIpc) is 0.794. The van der Waals surface area contributed by atoms with Gasteiger partial charge < -0.3 is 151 Å². The number of nitrogens with zero attached hydrogens (tertiary/aromatic N) is 4. The van der Waals surface area contributed by atoms with Gasteiger partial charge in [0.25, 0.3) is 8.53 Å². The van der Waals surface area contributed by atoms with Crippen molar-refractivity contribution in [3.8, 4) is 24.3 Å². The predicted octanol–water partition coefficient (Wildman–Crippen LogP) is 7.60. The molecule has 3 aliphatic rings. The molecule has 0 spiro atoms. The highest BCUT2D eigenvalue weighted by Crippen LogP contribution is 2.43. The third-order valence-corrected chi connectivity index (χ3v) is 23.4. The second-order valence-electron chi connectivity index (χ2n) is 31.4. The molecule has 0 aromatic carbocycles. The number of unbranched alkanes of at least 4 members (excludes halogenated alkanes) is 9. The molecule has 49 nitrogen and oxygen atoms in total. The Hall–Kier alpha value is -7.52. The Morgan fingerprint density at radius 2 is 0.511 bits per heavy atom. The van der Waals surface area contributed by atoms with Crippen molar-refractivity contribution < 1.29 is 193 Å². The maximum atomic E-state index is 12.4. The third kappa shape index (κ3) is 58.1.